The Morgan fingerprint density at radius 2 is 1.79 bits per heavy atom. The Hall–Kier alpha value is -2.01. The topological polar surface area (TPSA) is 55.8 Å². The summed E-state index contributed by atoms with van der Waals surface area (Å²) in [5, 5.41) is 8.84. The molecule has 0 aliphatic rings. The fourth-order valence-corrected chi connectivity index (χ4v) is 2.67. The van der Waals surface area contributed by atoms with Crippen molar-refractivity contribution in [3.05, 3.63) is 58.1 Å². The molecule has 0 saturated carbocycles. The Bertz CT molecular complexity index is 668. The third kappa shape index (κ3) is 5.89. The zero-order chi connectivity index (χ0) is 17.4. The van der Waals surface area contributed by atoms with Gasteiger partial charge in [-0.3, -0.25) is 4.79 Å². The molecular weight excluding hydrogens is 372 g/mol. The van der Waals surface area contributed by atoms with Crippen LogP contribution >= 0.6 is 15.9 Å². The molecule has 2 aromatic rings. The van der Waals surface area contributed by atoms with Crippen LogP contribution in [0.5, 0.6) is 11.5 Å². The van der Waals surface area contributed by atoms with Gasteiger partial charge < -0.3 is 14.6 Å². The summed E-state index contributed by atoms with van der Waals surface area (Å²) in [5.74, 6) is 0.696. The molecular formula is C19H21BrO4. The normalized spacial score (nSPS) is 10.4. The van der Waals surface area contributed by atoms with Crippen molar-refractivity contribution in [1.82, 2.24) is 0 Å². The SMILES string of the molecule is CCc1ccc(OCCOc2ccc(Br)cc2CCC(=O)O)cc1. The van der Waals surface area contributed by atoms with Gasteiger partial charge in [0.15, 0.2) is 0 Å². The van der Waals surface area contributed by atoms with Crippen LogP contribution in [0.1, 0.15) is 24.5 Å². The van der Waals surface area contributed by atoms with E-state index in [4.69, 9.17) is 14.6 Å². The van der Waals surface area contributed by atoms with Gasteiger partial charge in [0.05, 0.1) is 0 Å². The number of carbonyl (C=O) groups is 1. The van der Waals surface area contributed by atoms with Crippen molar-refractivity contribution in [2.24, 2.45) is 0 Å². The molecule has 2 aromatic carbocycles. The van der Waals surface area contributed by atoms with Crippen LogP contribution in [0.2, 0.25) is 0 Å². The van der Waals surface area contributed by atoms with Gasteiger partial charge in [-0.2, -0.15) is 0 Å². The first-order chi connectivity index (χ1) is 11.6. The molecule has 0 saturated heterocycles. The van der Waals surface area contributed by atoms with E-state index >= 15 is 0 Å². The van der Waals surface area contributed by atoms with Gasteiger partial charge in [-0.25, -0.2) is 0 Å². The van der Waals surface area contributed by atoms with E-state index in [0.29, 0.717) is 25.4 Å². The van der Waals surface area contributed by atoms with E-state index in [1.54, 1.807) is 0 Å². The van der Waals surface area contributed by atoms with Crippen molar-refractivity contribution < 1.29 is 19.4 Å². The first kappa shape index (κ1) is 18.3. The van der Waals surface area contributed by atoms with Crippen LogP contribution in [0.3, 0.4) is 0 Å². The molecule has 4 nitrogen and oxygen atoms in total. The van der Waals surface area contributed by atoms with E-state index in [9.17, 15) is 4.79 Å². The first-order valence-corrected chi connectivity index (χ1v) is 8.72. The van der Waals surface area contributed by atoms with Crippen molar-refractivity contribution in [2.45, 2.75) is 26.2 Å². The van der Waals surface area contributed by atoms with Crippen LogP contribution in [-0.4, -0.2) is 24.3 Å². The van der Waals surface area contributed by atoms with E-state index in [2.05, 4.69) is 35.0 Å². The standard InChI is InChI=1S/C19H21BrO4/c1-2-14-3-7-17(8-4-14)23-11-12-24-18-9-6-16(20)13-15(18)5-10-19(21)22/h3-4,6-9,13H,2,5,10-12H2,1H3,(H,21,22). The predicted molar refractivity (Wildman–Crippen MR) is 96.9 cm³/mol. The zero-order valence-corrected chi connectivity index (χ0v) is 15.2. The molecule has 0 aliphatic carbocycles. The van der Waals surface area contributed by atoms with Gasteiger partial charge in [0.1, 0.15) is 24.7 Å². The molecule has 5 heteroatoms. The van der Waals surface area contributed by atoms with Crippen LogP contribution < -0.4 is 9.47 Å². The van der Waals surface area contributed by atoms with Gasteiger partial charge in [0, 0.05) is 10.9 Å². The molecule has 0 unspecified atom stereocenters. The molecule has 0 fully saturated rings. The number of aliphatic carboxylic acids is 1. The van der Waals surface area contributed by atoms with Gasteiger partial charge in [0.25, 0.3) is 0 Å². The molecule has 2 rings (SSSR count). The summed E-state index contributed by atoms with van der Waals surface area (Å²) in [7, 11) is 0. The van der Waals surface area contributed by atoms with Crippen LogP contribution in [0.15, 0.2) is 46.9 Å². The summed E-state index contributed by atoms with van der Waals surface area (Å²) in [5.41, 5.74) is 2.15. The number of hydrogen-bond acceptors (Lipinski definition) is 3. The van der Waals surface area contributed by atoms with Gasteiger partial charge >= 0.3 is 5.97 Å². The van der Waals surface area contributed by atoms with E-state index in [0.717, 1.165) is 22.2 Å². The second-order valence-corrected chi connectivity index (χ2v) is 6.26. The van der Waals surface area contributed by atoms with Crippen LogP contribution in [0.4, 0.5) is 0 Å². The smallest absolute Gasteiger partial charge is 0.303 e. The molecule has 24 heavy (non-hydrogen) atoms. The highest BCUT2D eigenvalue weighted by Crippen LogP contribution is 2.24. The maximum Gasteiger partial charge on any atom is 0.303 e. The molecule has 0 bridgehead atoms. The summed E-state index contributed by atoms with van der Waals surface area (Å²) in [6.45, 7) is 2.95. The second kappa shape index (κ2) is 9.33. The molecule has 128 valence electrons. The molecule has 0 atom stereocenters. The molecule has 1 N–H and O–H groups in total. The number of rotatable bonds is 9. The number of halogens is 1. The largest absolute Gasteiger partial charge is 0.490 e. The Labute approximate surface area is 150 Å². The summed E-state index contributed by atoms with van der Waals surface area (Å²) < 4.78 is 12.3. The number of carboxylic acids is 1. The number of ether oxygens (including phenoxy) is 2. The third-order valence-electron chi connectivity index (χ3n) is 3.57. The molecule has 0 aliphatic heterocycles. The lowest BCUT2D eigenvalue weighted by Gasteiger charge is -2.12. The molecule has 0 amide bonds. The van der Waals surface area contributed by atoms with Crippen molar-refractivity contribution in [2.75, 3.05) is 13.2 Å². The average Bonchev–Trinajstić information content (AvgIpc) is 2.58. The van der Waals surface area contributed by atoms with Gasteiger partial charge in [-0.1, -0.05) is 35.0 Å². The maximum absolute atomic E-state index is 10.8. The minimum atomic E-state index is -0.820. The number of benzene rings is 2. The van der Waals surface area contributed by atoms with Crippen molar-refractivity contribution in [3.63, 3.8) is 0 Å². The van der Waals surface area contributed by atoms with Crippen LogP contribution in [0, 0.1) is 0 Å². The number of hydrogen-bond donors (Lipinski definition) is 1. The highest BCUT2D eigenvalue weighted by atomic mass is 79.9. The number of aryl methyl sites for hydroxylation is 2. The second-order valence-electron chi connectivity index (χ2n) is 5.34. The highest BCUT2D eigenvalue weighted by Gasteiger charge is 2.07. The summed E-state index contributed by atoms with van der Waals surface area (Å²) in [4.78, 5) is 10.8. The predicted octanol–water partition coefficient (Wildman–Crippen LogP) is 4.49. The van der Waals surface area contributed by atoms with Crippen molar-refractivity contribution in [3.8, 4) is 11.5 Å². The van der Waals surface area contributed by atoms with E-state index in [1.165, 1.54) is 5.56 Å². The first-order valence-electron chi connectivity index (χ1n) is 7.93. The van der Waals surface area contributed by atoms with Gasteiger partial charge in [-0.15, -0.1) is 0 Å². The molecule has 0 spiro atoms. The number of carboxylic acid groups (broad SMARTS) is 1. The van der Waals surface area contributed by atoms with Gasteiger partial charge in [0.2, 0.25) is 0 Å². The fraction of sp³-hybridized carbons (Fsp3) is 0.316. The van der Waals surface area contributed by atoms with E-state index < -0.39 is 5.97 Å². The maximum atomic E-state index is 10.8. The molecule has 0 radical (unpaired) electrons. The lowest BCUT2D eigenvalue weighted by atomic mass is 10.1. The van der Waals surface area contributed by atoms with Crippen molar-refractivity contribution >= 4 is 21.9 Å². The monoisotopic (exact) mass is 392 g/mol. The van der Waals surface area contributed by atoms with Crippen LogP contribution in [-0.2, 0) is 17.6 Å². The summed E-state index contributed by atoms with van der Waals surface area (Å²) in [6, 6.07) is 13.6. The minimum absolute atomic E-state index is 0.0765. The summed E-state index contributed by atoms with van der Waals surface area (Å²) in [6.07, 6.45) is 1.52. The summed E-state index contributed by atoms with van der Waals surface area (Å²) >= 11 is 3.40. The minimum Gasteiger partial charge on any atom is -0.490 e. The lowest BCUT2D eigenvalue weighted by Crippen LogP contribution is -2.10. The quantitative estimate of drug-likeness (QED) is 0.638. The van der Waals surface area contributed by atoms with Gasteiger partial charge in [-0.05, 0) is 54.3 Å². The lowest BCUT2D eigenvalue weighted by molar-refractivity contribution is -0.136. The van der Waals surface area contributed by atoms with E-state index in [-0.39, 0.29) is 6.42 Å². The van der Waals surface area contributed by atoms with Crippen LogP contribution in [0.25, 0.3) is 0 Å². The third-order valence-corrected chi connectivity index (χ3v) is 4.07. The Morgan fingerprint density at radius 3 is 2.46 bits per heavy atom. The Balaban J connectivity index is 1.85. The molecule has 0 heterocycles. The fourth-order valence-electron chi connectivity index (χ4n) is 2.26. The zero-order valence-electron chi connectivity index (χ0n) is 13.6. The molecule has 0 aromatic heterocycles. The Morgan fingerprint density at radius 1 is 1.08 bits per heavy atom. The average molecular weight is 393 g/mol. The highest BCUT2D eigenvalue weighted by molar-refractivity contribution is 9.10. The van der Waals surface area contributed by atoms with E-state index in [1.807, 2.05) is 30.3 Å². The van der Waals surface area contributed by atoms with Crippen molar-refractivity contribution in [1.29, 1.82) is 0 Å². The Kier molecular flexibility index (Phi) is 7.12.